The fourth-order valence-corrected chi connectivity index (χ4v) is 2.73. The molecule has 7 nitrogen and oxygen atoms in total. The number of ether oxygens (including phenoxy) is 1. The lowest BCUT2D eigenvalue weighted by atomic mass is 10.1. The van der Waals surface area contributed by atoms with Gasteiger partial charge in [0.2, 0.25) is 0 Å². The molecular weight excluding hydrogens is 366 g/mol. The molecule has 1 aliphatic carbocycles. The highest BCUT2D eigenvalue weighted by Crippen LogP contribution is 2.28. The van der Waals surface area contributed by atoms with Gasteiger partial charge in [-0.15, -0.1) is 0 Å². The van der Waals surface area contributed by atoms with Crippen molar-refractivity contribution >= 4 is 11.9 Å². The van der Waals surface area contributed by atoms with Crippen LogP contribution in [0.25, 0.3) is 0 Å². The number of carbonyl (C=O) groups is 1. The van der Waals surface area contributed by atoms with E-state index in [4.69, 9.17) is 4.74 Å². The van der Waals surface area contributed by atoms with E-state index < -0.39 is 0 Å². The van der Waals surface area contributed by atoms with E-state index in [2.05, 4.69) is 27.9 Å². The summed E-state index contributed by atoms with van der Waals surface area (Å²) in [5, 5.41) is 9.55. The van der Waals surface area contributed by atoms with Crippen LogP contribution >= 0.6 is 0 Å². The number of hydrogen-bond acceptors (Lipinski definition) is 4. The first-order valence-corrected chi connectivity index (χ1v) is 10.7. The van der Waals surface area contributed by atoms with Gasteiger partial charge in [0.1, 0.15) is 0 Å². The minimum Gasteiger partial charge on any atom is -0.381 e. The zero-order chi connectivity index (χ0) is 20.9. The van der Waals surface area contributed by atoms with Gasteiger partial charge in [-0.2, -0.15) is 0 Å². The molecule has 0 heterocycles. The molecule has 1 amide bonds. The number of hydrogen-bond donors (Lipinski definition) is 3. The molecule has 1 fully saturated rings. The zero-order valence-electron chi connectivity index (χ0n) is 18.2. The molecule has 162 valence electrons. The maximum Gasteiger partial charge on any atom is 0.251 e. The van der Waals surface area contributed by atoms with Crippen molar-refractivity contribution in [2.24, 2.45) is 10.9 Å². The molecule has 0 spiro atoms. The van der Waals surface area contributed by atoms with E-state index in [1.54, 1.807) is 0 Å². The highest BCUT2D eigenvalue weighted by atomic mass is 16.5. The first kappa shape index (κ1) is 23.2. The van der Waals surface area contributed by atoms with Gasteiger partial charge in [0.25, 0.3) is 5.91 Å². The van der Waals surface area contributed by atoms with Gasteiger partial charge in [0.15, 0.2) is 5.96 Å². The number of amides is 1. The van der Waals surface area contributed by atoms with Crippen LogP contribution in [0.15, 0.2) is 29.3 Å². The molecule has 2 rings (SSSR count). The van der Waals surface area contributed by atoms with Gasteiger partial charge in [-0.25, -0.2) is 4.99 Å². The molecule has 0 bridgehead atoms. The van der Waals surface area contributed by atoms with Crippen molar-refractivity contribution in [3.8, 4) is 0 Å². The lowest BCUT2D eigenvalue weighted by Gasteiger charge is -2.12. The van der Waals surface area contributed by atoms with Gasteiger partial charge >= 0.3 is 0 Å². The third-order valence-electron chi connectivity index (χ3n) is 4.61. The summed E-state index contributed by atoms with van der Waals surface area (Å²) in [4.78, 5) is 19.0. The first-order chi connectivity index (χ1) is 14.1. The van der Waals surface area contributed by atoms with Gasteiger partial charge < -0.3 is 25.6 Å². The monoisotopic (exact) mass is 403 g/mol. The predicted octanol–water partition coefficient (Wildman–Crippen LogP) is 1.85. The summed E-state index contributed by atoms with van der Waals surface area (Å²) in [5.41, 5.74) is 1.68. The molecule has 0 aliphatic heterocycles. The van der Waals surface area contributed by atoms with Crippen molar-refractivity contribution in [3.63, 3.8) is 0 Å². The van der Waals surface area contributed by atoms with Crippen LogP contribution < -0.4 is 16.0 Å². The number of rotatable bonds is 13. The van der Waals surface area contributed by atoms with E-state index in [1.165, 1.54) is 12.8 Å². The Morgan fingerprint density at radius 3 is 2.76 bits per heavy atom. The Bertz CT molecular complexity index is 644. The van der Waals surface area contributed by atoms with Crippen LogP contribution in [-0.2, 0) is 11.3 Å². The SMILES string of the molecule is CCNC(=NCc1cccc(C(=O)NCCN(C)C)c1)NCCCOCC1CC1. The molecule has 0 aromatic heterocycles. The Kier molecular flexibility index (Phi) is 10.5. The van der Waals surface area contributed by atoms with Crippen LogP contribution in [0, 0.1) is 5.92 Å². The topological polar surface area (TPSA) is 78.0 Å². The Balaban J connectivity index is 1.76. The molecule has 1 saturated carbocycles. The third-order valence-corrected chi connectivity index (χ3v) is 4.61. The highest BCUT2D eigenvalue weighted by molar-refractivity contribution is 5.94. The van der Waals surface area contributed by atoms with Crippen LogP contribution in [0.2, 0.25) is 0 Å². The number of benzene rings is 1. The Morgan fingerprint density at radius 1 is 1.21 bits per heavy atom. The van der Waals surface area contributed by atoms with Crippen molar-refractivity contribution in [1.29, 1.82) is 0 Å². The lowest BCUT2D eigenvalue weighted by molar-refractivity contribution is 0.0951. The smallest absolute Gasteiger partial charge is 0.251 e. The summed E-state index contributed by atoms with van der Waals surface area (Å²) in [7, 11) is 3.98. The Morgan fingerprint density at radius 2 is 2.03 bits per heavy atom. The number of aliphatic imine (C=N–C) groups is 1. The van der Waals surface area contributed by atoms with Gasteiger partial charge in [-0.05, 0) is 63.9 Å². The Labute approximate surface area is 175 Å². The highest BCUT2D eigenvalue weighted by Gasteiger charge is 2.20. The quantitative estimate of drug-likeness (QED) is 0.266. The van der Waals surface area contributed by atoms with Gasteiger partial charge in [0, 0.05) is 45.0 Å². The fourth-order valence-electron chi connectivity index (χ4n) is 2.73. The number of nitrogens with zero attached hydrogens (tertiary/aromatic N) is 2. The molecule has 0 saturated heterocycles. The van der Waals surface area contributed by atoms with E-state index in [0.717, 1.165) is 56.7 Å². The van der Waals surface area contributed by atoms with Crippen LogP contribution in [-0.4, -0.2) is 70.3 Å². The molecular formula is C22H37N5O2. The van der Waals surface area contributed by atoms with Crippen molar-refractivity contribution in [2.75, 3.05) is 53.5 Å². The molecule has 0 unspecified atom stereocenters. The molecule has 29 heavy (non-hydrogen) atoms. The number of likely N-dealkylation sites (N-methyl/N-ethyl adjacent to an activating group) is 1. The molecule has 7 heteroatoms. The second-order valence-electron chi connectivity index (χ2n) is 7.75. The largest absolute Gasteiger partial charge is 0.381 e. The summed E-state index contributed by atoms with van der Waals surface area (Å²) >= 11 is 0. The van der Waals surface area contributed by atoms with E-state index in [1.807, 2.05) is 43.3 Å². The van der Waals surface area contributed by atoms with E-state index >= 15 is 0 Å². The standard InChI is InChI=1S/C22H37N5O2/c1-4-23-22(25-11-6-14-29-17-18-9-10-18)26-16-19-7-5-8-20(15-19)21(28)24-12-13-27(2)3/h5,7-8,15,18H,4,6,9-14,16-17H2,1-3H3,(H,24,28)(H2,23,25,26). The van der Waals surface area contributed by atoms with Crippen LogP contribution in [0.3, 0.4) is 0 Å². The Hall–Kier alpha value is -2.12. The number of carbonyl (C=O) groups excluding carboxylic acids is 1. The van der Waals surface area contributed by atoms with Crippen molar-refractivity contribution < 1.29 is 9.53 Å². The minimum atomic E-state index is -0.0473. The molecule has 1 aromatic rings. The third kappa shape index (κ3) is 10.3. The molecule has 0 atom stereocenters. The van der Waals surface area contributed by atoms with Crippen molar-refractivity contribution in [3.05, 3.63) is 35.4 Å². The second-order valence-corrected chi connectivity index (χ2v) is 7.75. The summed E-state index contributed by atoms with van der Waals surface area (Å²) in [6.07, 6.45) is 3.61. The maximum atomic E-state index is 12.3. The van der Waals surface area contributed by atoms with Crippen molar-refractivity contribution in [1.82, 2.24) is 20.9 Å². The summed E-state index contributed by atoms with van der Waals surface area (Å²) < 4.78 is 5.66. The van der Waals surface area contributed by atoms with E-state index in [-0.39, 0.29) is 5.91 Å². The molecule has 1 aliphatic rings. The van der Waals surface area contributed by atoms with Gasteiger partial charge in [0.05, 0.1) is 6.54 Å². The first-order valence-electron chi connectivity index (χ1n) is 10.7. The number of guanidine groups is 1. The summed E-state index contributed by atoms with van der Waals surface area (Å²) in [6, 6.07) is 7.64. The normalized spacial score (nSPS) is 14.1. The summed E-state index contributed by atoms with van der Waals surface area (Å²) in [6.45, 7) is 7.34. The zero-order valence-corrected chi connectivity index (χ0v) is 18.2. The molecule has 3 N–H and O–H groups in total. The van der Waals surface area contributed by atoms with Crippen LogP contribution in [0.1, 0.15) is 42.1 Å². The second kappa shape index (κ2) is 13.2. The minimum absolute atomic E-state index is 0.0473. The van der Waals surface area contributed by atoms with Gasteiger partial charge in [-0.1, -0.05) is 12.1 Å². The van der Waals surface area contributed by atoms with Crippen LogP contribution in [0.4, 0.5) is 0 Å². The number of nitrogens with one attached hydrogen (secondary N) is 3. The van der Waals surface area contributed by atoms with E-state index in [9.17, 15) is 4.79 Å². The molecule has 0 radical (unpaired) electrons. The molecule has 1 aromatic carbocycles. The lowest BCUT2D eigenvalue weighted by Crippen LogP contribution is -2.38. The van der Waals surface area contributed by atoms with Crippen LogP contribution in [0.5, 0.6) is 0 Å². The average molecular weight is 404 g/mol. The maximum absolute atomic E-state index is 12.3. The fraction of sp³-hybridized carbons (Fsp3) is 0.636. The van der Waals surface area contributed by atoms with E-state index in [0.29, 0.717) is 18.7 Å². The van der Waals surface area contributed by atoms with Crippen molar-refractivity contribution in [2.45, 2.75) is 32.7 Å². The van der Waals surface area contributed by atoms with Gasteiger partial charge in [-0.3, -0.25) is 4.79 Å². The average Bonchev–Trinajstić information content (AvgIpc) is 3.53. The predicted molar refractivity (Wildman–Crippen MR) is 118 cm³/mol. The summed E-state index contributed by atoms with van der Waals surface area (Å²) in [5.74, 6) is 1.55.